The molecule has 6 heteroatoms. The first kappa shape index (κ1) is 17.0. The summed E-state index contributed by atoms with van der Waals surface area (Å²) in [7, 11) is -3.87. The normalized spacial score (nSPS) is 22.3. The third-order valence-corrected chi connectivity index (χ3v) is 5.62. The predicted octanol–water partition coefficient (Wildman–Crippen LogP) is 2.84. The fourth-order valence-corrected chi connectivity index (χ4v) is 4.08. The van der Waals surface area contributed by atoms with E-state index in [0.29, 0.717) is 6.42 Å². The van der Waals surface area contributed by atoms with Crippen molar-refractivity contribution in [1.82, 2.24) is 4.31 Å². The van der Waals surface area contributed by atoms with Crippen LogP contribution in [0, 0.1) is 6.92 Å². The molecule has 0 aromatic heterocycles. The van der Waals surface area contributed by atoms with Gasteiger partial charge in [0.1, 0.15) is 12.3 Å². The zero-order valence-electron chi connectivity index (χ0n) is 13.3. The lowest BCUT2D eigenvalue weighted by atomic mass is 10.2. The standard InChI is InChI=1S/C16H23NO4S/c1-4-5-6-7-15-17(16(18)13(3)21-15)22(19,20)14-10-8-12(2)9-11-14/h8-11,13,15H,4-7H2,1-3H3/t13-,15-/m1/s1. The number of nitrogens with zero attached hydrogens (tertiary/aromatic N) is 1. The van der Waals surface area contributed by atoms with Gasteiger partial charge in [0, 0.05) is 0 Å². The molecule has 1 amide bonds. The summed E-state index contributed by atoms with van der Waals surface area (Å²) in [6.45, 7) is 5.56. The summed E-state index contributed by atoms with van der Waals surface area (Å²) in [6.07, 6.45) is 1.98. The molecule has 22 heavy (non-hydrogen) atoms. The summed E-state index contributed by atoms with van der Waals surface area (Å²) in [6, 6.07) is 6.52. The fourth-order valence-electron chi connectivity index (χ4n) is 2.52. The van der Waals surface area contributed by atoms with E-state index in [1.54, 1.807) is 19.1 Å². The van der Waals surface area contributed by atoms with Gasteiger partial charge in [-0.15, -0.1) is 0 Å². The summed E-state index contributed by atoms with van der Waals surface area (Å²) in [4.78, 5) is 12.4. The number of carbonyl (C=O) groups is 1. The van der Waals surface area contributed by atoms with E-state index in [9.17, 15) is 13.2 Å². The molecule has 0 unspecified atom stereocenters. The number of hydrogen-bond acceptors (Lipinski definition) is 4. The van der Waals surface area contributed by atoms with E-state index in [2.05, 4.69) is 6.92 Å². The van der Waals surface area contributed by atoms with Crippen LogP contribution >= 0.6 is 0 Å². The maximum atomic E-state index is 12.8. The van der Waals surface area contributed by atoms with E-state index in [4.69, 9.17) is 4.74 Å². The number of aryl methyl sites for hydroxylation is 1. The van der Waals surface area contributed by atoms with Crippen molar-refractivity contribution in [3.05, 3.63) is 29.8 Å². The van der Waals surface area contributed by atoms with Gasteiger partial charge >= 0.3 is 0 Å². The van der Waals surface area contributed by atoms with Gasteiger partial charge in [-0.2, -0.15) is 0 Å². The molecule has 1 aliphatic rings. The number of sulfonamides is 1. The van der Waals surface area contributed by atoms with Crippen LogP contribution in [0.3, 0.4) is 0 Å². The summed E-state index contributed by atoms with van der Waals surface area (Å²) in [5.74, 6) is -0.484. The molecule has 0 saturated carbocycles. The van der Waals surface area contributed by atoms with E-state index in [1.807, 2.05) is 6.92 Å². The minimum atomic E-state index is -3.87. The molecule has 0 bridgehead atoms. The maximum Gasteiger partial charge on any atom is 0.268 e. The molecule has 0 radical (unpaired) electrons. The molecule has 1 saturated heterocycles. The molecule has 2 rings (SSSR count). The molecule has 5 nitrogen and oxygen atoms in total. The van der Waals surface area contributed by atoms with Gasteiger partial charge in [-0.1, -0.05) is 37.5 Å². The van der Waals surface area contributed by atoms with E-state index in [1.165, 1.54) is 12.1 Å². The SMILES string of the molecule is CCCCC[C@H]1O[C@H](C)C(=O)N1S(=O)(=O)c1ccc(C)cc1. The van der Waals surface area contributed by atoms with Gasteiger partial charge in [0.05, 0.1) is 4.90 Å². The average molecular weight is 325 g/mol. The first-order valence-electron chi connectivity index (χ1n) is 7.68. The number of hydrogen-bond donors (Lipinski definition) is 0. The highest BCUT2D eigenvalue weighted by Crippen LogP contribution is 2.29. The zero-order chi connectivity index (χ0) is 16.3. The highest BCUT2D eigenvalue weighted by atomic mass is 32.2. The van der Waals surface area contributed by atoms with Crippen LogP contribution in [0.2, 0.25) is 0 Å². The second kappa shape index (κ2) is 6.79. The van der Waals surface area contributed by atoms with Crippen LogP contribution in [0.15, 0.2) is 29.2 Å². The third-order valence-electron chi connectivity index (χ3n) is 3.82. The molecule has 1 aliphatic heterocycles. The second-order valence-electron chi connectivity index (χ2n) is 5.68. The van der Waals surface area contributed by atoms with Crippen LogP contribution in [0.4, 0.5) is 0 Å². The molecule has 1 aromatic carbocycles. The predicted molar refractivity (Wildman–Crippen MR) is 83.7 cm³/mol. The molecule has 1 fully saturated rings. The van der Waals surface area contributed by atoms with Crippen molar-refractivity contribution in [3.63, 3.8) is 0 Å². The fraction of sp³-hybridized carbons (Fsp3) is 0.562. The van der Waals surface area contributed by atoms with Crippen molar-refractivity contribution in [3.8, 4) is 0 Å². The monoisotopic (exact) mass is 325 g/mol. The Morgan fingerprint density at radius 2 is 1.82 bits per heavy atom. The Morgan fingerprint density at radius 3 is 2.41 bits per heavy atom. The molecule has 1 aromatic rings. The van der Waals surface area contributed by atoms with Crippen LogP contribution in [-0.4, -0.2) is 31.0 Å². The van der Waals surface area contributed by atoms with E-state index >= 15 is 0 Å². The minimum absolute atomic E-state index is 0.129. The molecular formula is C16H23NO4S. The van der Waals surface area contributed by atoms with Gasteiger partial charge in [0.25, 0.3) is 15.9 Å². The van der Waals surface area contributed by atoms with Gasteiger partial charge < -0.3 is 4.74 Å². The number of unbranched alkanes of at least 4 members (excludes halogenated alkanes) is 2. The van der Waals surface area contributed by atoms with Crippen molar-refractivity contribution in [2.75, 3.05) is 0 Å². The number of rotatable bonds is 6. The molecular weight excluding hydrogens is 302 g/mol. The first-order valence-corrected chi connectivity index (χ1v) is 9.12. The van der Waals surface area contributed by atoms with Crippen LogP contribution in [-0.2, 0) is 19.6 Å². The van der Waals surface area contributed by atoms with Gasteiger partial charge in [-0.3, -0.25) is 4.79 Å². The van der Waals surface area contributed by atoms with Crippen molar-refractivity contribution in [2.24, 2.45) is 0 Å². The van der Waals surface area contributed by atoms with Crippen LogP contribution in [0.25, 0.3) is 0 Å². The lowest BCUT2D eigenvalue weighted by Crippen LogP contribution is -2.39. The lowest BCUT2D eigenvalue weighted by Gasteiger charge is -2.22. The van der Waals surface area contributed by atoms with E-state index < -0.39 is 28.3 Å². The summed E-state index contributed by atoms with van der Waals surface area (Å²) >= 11 is 0. The third kappa shape index (κ3) is 3.33. The Kier molecular flexibility index (Phi) is 5.24. The summed E-state index contributed by atoms with van der Waals surface area (Å²) in [5, 5.41) is 0. The Hall–Kier alpha value is -1.40. The van der Waals surface area contributed by atoms with Gasteiger partial charge in [0.15, 0.2) is 0 Å². The Bertz CT molecular complexity index is 624. The molecule has 2 atom stereocenters. The van der Waals surface area contributed by atoms with Crippen molar-refractivity contribution in [1.29, 1.82) is 0 Å². The number of carbonyl (C=O) groups excluding carboxylic acids is 1. The highest BCUT2D eigenvalue weighted by molar-refractivity contribution is 7.89. The maximum absolute atomic E-state index is 12.8. The molecule has 0 spiro atoms. The van der Waals surface area contributed by atoms with Crippen molar-refractivity contribution < 1.29 is 17.9 Å². The lowest BCUT2D eigenvalue weighted by molar-refractivity contribution is -0.126. The Morgan fingerprint density at radius 1 is 1.18 bits per heavy atom. The van der Waals surface area contributed by atoms with Crippen LogP contribution in [0.1, 0.15) is 45.1 Å². The second-order valence-corrected chi connectivity index (χ2v) is 7.50. The number of ether oxygens (including phenoxy) is 1. The topological polar surface area (TPSA) is 63.7 Å². The number of benzene rings is 1. The average Bonchev–Trinajstić information content (AvgIpc) is 2.75. The summed E-state index contributed by atoms with van der Waals surface area (Å²) < 4.78 is 32.0. The van der Waals surface area contributed by atoms with Crippen LogP contribution in [0.5, 0.6) is 0 Å². The Labute approximate surface area is 132 Å². The number of amides is 1. The van der Waals surface area contributed by atoms with Crippen molar-refractivity contribution >= 4 is 15.9 Å². The minimum Gasteiger partial charge on any atom is -0.344 e. The van der Waals surface area contributed by atoms with Crippen LogP contribution < -0.4 is 0 Å². The molecule has 1 heterocycles. The van der Waals surface area contributed by atoms with E-state index in [0.717, 1.165) is 29.1 Å². The quantitative estimate of drug-likeness (QED) is 0.755. The van der Waals surface area contributed by atoms with E-state index in [-0.39, 0.29) is 4.90 Å². The Balaban J connectivity index is 2.28. The van der Waals surface area contributed by atoms with Gasteiger partial charge in [0.2, 0.25) is 0 Å². The van der Waals surface area contributed by atoms with Gasteiger partial charge in [-0.05, 0) is 38.8 Å². The first-order chi connectivity index (χ1) is 10.4. The molecule has 0 aliphatic carbocycles. The van der Waals surface area contributed by atoms with Gasteiger partial charge in [-0.25, -0.2) is 12.7 Å². The largest absolute Gasteiger partial charge is 0.344 e. The highest BCUT2D eigenvalue weighted by Gasteiger charge is 2.45. The van der Waals surface area contributed by atoms with Crippen molar-refractivity contribution in [2.45, 2.75) is 63.7 Å². The smallest absolute Gasteiger partial charge is 0.268 e. The summed E-state index contributed by atoms with van der Waals surface area (Å²) in [5.41, 5.74) is 0.968. The zero-order valence-corrected chi connectivity index (χ0v) is 14.1. The molecule has 122 valence electrons. The molecule has 0 N–H and O–H groups in total.